The second-order valence-electron chi connectivity index (χ2n) is 5.30. The minimum Gasteiger partial charge on any atom is -0.618 e. The molecule has 0 aliphatic rings. The molecule has 3 aromatic rings. The van der Waals surface area contributed by atoms with Crippen molar-refractivity contribution in [3.05, 3.63) is 107 Å². The Morgan fingerprint density at radius 3 is 1.39 bits per heavy atom. The summed E-state index contributed by atoms with van der Waals surface area (Å²) in [4.78, 5) is 0. The van der Waals surface area contributed by atoms with E-state index in [-0.39, 0.29) is 11.4 Å². The van der Waals surface area contributed by atoms with Crippen LogP contribution in [0.4, 0.5) is 0 Å². The van der Waals surface area contributed by atoms with Crippen LogP contribution in [0.3, 0.4) is 0 Å². The molecule has 116 valence electrons. The Bertz CT molecular complexity index is 711. The van der Waals surface area contributed by atoms with Gasteiger partial charge in [0.15, 0.2) is 12.2 Å². The molecule has 0 radical (unpaired) electrons. The minimum absolute atomic E-state index is 0.184. The lowest BCUT2D eigenvalue weighted by Gasteiger charge is -2.16. The topological polar surface area (TPSA) is 67.4 Å². The molecule has 4 heteroatoms. The van der Waals surface area contributed by atoms with Gasteiger partial charge in [0.2, 0.25) is 11.4 Å². The molecule has 0 bridgehead atoms. The molecule has 4 nitrogen and oxygen atoms in total. The van der Waals surface area contributed by atoms with E-state index >= 15 is 0 Å². The maximum absolute atomic E-state index is 12.6. The van der Waals surface area contributed by atoms with Crippen molar-refractivity contribution < 1.29 is 14.9 Å². The first-order chi connectivity index (χ1) is 11.2. The van der Waals surface area contributed by atoms with Crippen molar-refractivity contribution in [3.63, 3.8) is 0 Å². The fourth-order valence-electron chi connectivity index (χ4n) is 2.55. The van der Waals surface area contributed by atoms with Gasteiger partial charge in [0.05, 0.1) is 0 Å². The van der Waals surface area contributed by atoms with Gasteiger partial charge >= 0.3 is 0 Å². The molecule has 2 atom stereocenters. The Hall–Kier alpha value is -2.69. The maximum Gasteiger partial charge on any atom is 0.226 e. The van der Waals surface area contributed by atoms with Gasteiger partial charge in [-0.05, 0) is 17.2 Å². The highest BCUT2D eigenvalue weighted by Gasteiger charge is 2.25. The third-order valence-corrected chi connectivity index (χ3v) is 3.79. The van der Waals surface area contributed by atoms with Crippen molar-refractivity contribution in [1.82, 2.24) is 0 Å². The van der Waals surface area contributed by atoms with Crippen LogP contribution in [0.1, 0.15) is 34.7 Å². The quantitative estimate of drug-likeness (QED) is 0.575. The van der Waals surface area contributed by atoms with E-state index in [1.165, 1.54) is 0 Å². The van der Waals surface area contributed by atoms with Crippen molar-refractivity contribution in [3.8, 4) is 0 Å². The average Bonchev–Trinajstić information content (AvgIpc) is 2.62. The van der Waals surface area contributed by atoms with Crippen LogP contribution < -0.4 is 4.73 Å². The zero-order chi connectivity index (χ0) is 16.2. The largest absolute Gasteiger partial charge is 0.618 e. The minimum atomic E-state index is -1.04. The van der Waals surface area contributed by atoms with Crippen LogP contribution in [0, 0.1) is 5.21 Å². The lowest BCUT2D eigenvalue weighted by atomic mass is 10.0. The fourth-order valence-corrected chi connectivity index (χ4v) is 2.55. The second-order valence-corrected chi connectivity index (χ2v) is 5.30. The maximum atomic E-state index is 12.6. The zero-order valence-corrected chi connectivity index (χ0v) is 12.4. The fraction of sp³-hybridized carbons (Fsp3) is 0.105. The van der Waals surface area contributed by atoms with Crippen LogP contribution in [0.15, 0.2) is 78.9 Å². The number of hydrogen-bond donors (Lipinski definition) is 2. The van der Waals surface area contributed by atoms with Gasteiger partial charge in [-0.1, -0.05) is 60.7 Å². The molecule has 1 aromatic heterocycles. The summed E-state index contributed by atoms with van der Waals surface area (Å²) in [7, 11) is 0. The predicted molar refractivity (Wildman–Crippen MR) is 86.4 cm³/mol. The molecule has 2 N–H and O–H groups in total. The van der Waals surface area contributed by atoms with Gasteiger partial charge in [-0.3, -0.25) is 0 Å². The van der Waals surface area contributed by atoms with Crippen LogP contribution in [-0.2, 0) is 0 Å². The van der Waals surface area contributed by atoms with Crippen LogP contribution >= 0.6 is 0 Å². The summed E-state index contributed by atoms with van der Waals surface area (Å²) >= 11 is 0. The first-order valence-corrected chi connectivity index (χ1v) is 7.37. The molecule has 0 saturated heterocycles. The molecule has 0 fully saturated rings. The summed E-state index contributed by atoms with van der Waals surface area (Å²) in [6, 6.07) is 22.7. The van der Waals surface area contributed by atoms with Gasteiger partial charge < -0.3 is 15.4 Å². The molecule has 1 heterocycles. The number of aromatic nitrogens is 1. The third-order valence-electron chi connectivity index (χ3n) is 3.79. The molecule has 0 aliphatic heterocycles. The predicted octanol–water partition coefficient (Wildman–Crippen LogP) is 2.48. The number of hydrogen-bond acceptors (Lipinski definition) is 3. The van der Waals surface area contributed by atoms with Gasteiger partial charge in [-0.15, -0.1) is 0 Å². The van der Waals surface area contributed by atoms with Crippen LogP contribution in [0.2, 0.25) is 0 Å². The molecule has 0 aliphatic carbocycles. The number of aliphatic hydroxyl groups is 2. The van der Waals surface area contributed by atoms with Crippen LogP contribution in [0.25, 0.3) is 0 Å². The summed E-state index contributed by atoms with van der Waals surface area (Å²) in [6.45, 7) is 0. The van der Waals surface area contributed by atoms with Gasteiger partial charge in [0.25, 0.3) is 0 Å². The van der Waals surface area contributed by atoms with Gasteiger partial charge in [-0.25, -0.2) is 0 Å². The highest BCUT2D eigenvalue weighted by atomic mass is 16.5. The zero-order valence-electron chi connectivity index (χ0n) is 12.4. The van der Waals surface area contributed by atoms with Crippen LogP contribution in [0.5, 0.6) is 0 Å². The molecule has 0 spiro atoms. The van der Waals surface area contributed by atoms with E-state index in [1.54, 1.807) is 66.7 Å². The number of nitrogens with zero attached hydrogens (tertiary/aromatic N) is 1. The highest BCUT2D eigenvalue weighted by Crippen LogP contribution is 2.23. The third kappa shape index (κ3) is 3.08. The SMILES string of the molecule is [O-][n+]1c(C(O)c2ccccc2)cccc1C(O)c1ccccc1. The van der Waals surface area contributed by atoms with Crippen LogP contribution in [-0.4, -0.2) is 10.2 Å². The van der Waals surface area contributed by atoms with Crippen molar-refractivity contribution in [2.24, 2.45) is 0 Å². The Kier molecular flexibility index (Phi) is 4.37. The van der Waals surface area contributed by atoms with E-state index in [0.29, 0.717) is 15.9 Å². The summed E-state index contributed by atoms with van der Waals surface area (Å²) in [6.07, 6.45) is -2.09. The Labute approximate surface area is 134 Å². The van der Waals surface area contributed by atoms with Gasteiger partial charge in [0.1, 0.15) is 0 Å². The Balaban J connectivity index is 1.99. The number of pyridine rings is 1. The van der Waals surface area contributed by atoms with Crippen molar-refractivity contribution in [2.75, 3.05) is 0 Å². The lowest BCUT2D eigenvalue weighted by molar-refractivity contribution is -0.629. The highest BCUT2D eigenvalue weighted by molar-refractivity contribution is 5.27. The monoisotopic (exact) mass is 307 g/mol. The van der Waals surface area contributed by atoms with E-state index in [0.717, 1.165) is 0 Å². The summed E-state index contributed by atoms with van der Waals surface area (Å²) in [5, 5.41) is 33.5. The number of aliphatic hydroxyl groups excluding tert-OH is 2. The molecular weight excluding hydrogens is 290 g/mol. The molecule has 2 aromatic carbocycles. The molecular formula is C19H17NO3. The summed E-state index contributed by atoms with van der Waals surface area (Å²) < 4.78 is 0.606. The lowest BCUT2D eigenvalue weighted by Crippen LogP contribution is -2.39. The van der Waals surface area contributed by atoms with E-state index in [2.05, 4.69) is 0 Å². The molecule has 0 amide bonds. The normalized spacial score (nSPS) is 13.5. The average molecular weight is 307 g/mol. The first kappa shape index (κ1) is 15.2. The number of rotatable bonds is 4. The molecule has 2 unspecified atom stereocenters. The van der Waals surface area contributed by atoms with E-state index < -0.39 is 12.2 Å². The van der Waals surface area contributed by atoms with E-state index in [9.17, 15) is 15.4 Å². The number of benzene rings is 2. The molecule has 0 saturated carbocycles. The molecule has 3 rings (SSSR count). The summed E-state index contributed by atoms with van der Waals surface area (Å²) in [5.41, 5.74) is 1.62. The molecule has 23 heavy (non-hydrogen) atoms. The van der Waals surface area contributed by atoms with E-state index in [1.807, 2.05) is 12.1 Å². The van der Waals surface area contributed by atoms with Gasteiger partial charge in [-0.2, -0.15) is 4.73 Å². The summed E-state index contributed by atoms with van der Waals surface area (Å²) in [5.74, 6) is 0. The van der Waals surface area contributed by atoms with E-state index in [4.69, 9.17) is 0 Å². The smallest absolute Gasteiger partial charge is 0.226 e. The Morgan fingerprint density at radius 2 is 1.00 bits per heavy atom. The van der Waals surface area contributed by atoms with Gasteiger partial charge in [0, 0.05) is 12.1 Å². The standard InChI is InChI=1S/C19H17NO3/c21-18(14-8-3-1-4-9-14)16-12-7-13-17(20(16)23)19(22)15-10-5-2-6-11-15/h1-13,18-19,21-22H. The first-order valence-electron chi connectivity index (χ1n) is 7.37. The Morgan fingerprint density at radius 1 is 0.609 bits per heavy atom. The van der Waals surface area contributed by atoms with Crippen molar-refractivity contribution in [2.45, 2.75) is 12.2 Å². The second kappa shape index (κ2) is 6.60. The van der Waals surface area contributed by atoms with Crippen molar-refractivity contribution in [1.29, 1.82) is 0 Å². The van der Waals surface area contributed by atoms with Crippen molar-refractivity contribution >= 4 is 0 Å².